The highest BCUT2D eigenvalue weighted by molar-refractivity contribution is 7.13. The smallest absolute Gasteiger partial charge is 0.355 e. The molecule has 0 bridgehead atoms. The Morgan fingerprint density at radius 1 is 1.15 bits per heavy atom. The molecule has 0 aliphatic rings. The Balaban J connectivity index is 1.82. The van der Waals surface area contributed by atoms with E-state index in [4.69, 9.17) is 14.6 Å². The maximum Gasteiger partial charge on any atom is 0.355 e. The number of ether oxygens (including phenoxy) is 2. The van der Waals surface area contributed by atoms with Gasteiger partial charge in [-0.1, -0.05) is 29.8 Å². The molecule has 134 valence electrons. The van der Waals surface area contributed by atoms with E-state index in [1.165, 1.54) is 22.3 Å². The van der Waals surface area contributed by atoms with Crippen LogP contribution in [0.1, 0.15) is 28.5 Å². The number of nitrogens with zero attached hydrogens (tertiary/aromatic N) is 1. The number of hydrogen-bond donors (Lipinski definition) is 1. The van der Waals surface area contributed by atoms with Gasteiger partial charge in [0.05, 0.1) is 6.61 Å². The second-order valence-corrected chi connectivity index (χ2v) is 6.57. The molecule has 0 fully saturated rings. The zero-order chi connectivity index (χ0) is 18.5. The molecular weight excluding hydrogens is 350 g/mol. The Kier molecular flexibility index (Phi) is 5.53. The predicted molar refractivity (Wildman–Crippen MR) is 101 cm³/mol. The molecule has 1 aromatic heterocycles. The molecule has 0 atom stereocenters. The van der Waals surface area contributed by atoms with Crippen molar-refractivity contribution in [2.45, 2.75) is 20.5 Å². The van der Waals surface area contributed by atoms with Gasteiger partial charge in [0.15, 0.2) is 17.2 Å². The average Bonchev–Trinajstić information content (AvgIpc) is 3.11. The van der Waals surface area contributed by atoms with Gasteiger partial charge in [-0.2, -0.15) is 0 Å². The number of carboxylic acid groups (broad SMARTS) is 1. The number of carbonyl (C=O) groups is 1. The molecule has 5 nitrogen and oxygen atoms in total. The van der Waals surface area contributed by atoms with E-state index in [9.17, 15) is 4.79 Å². The minimum absolute atomic E-state index is 0.0442. The molecule has 0 amide bonds. The van der Waals surface area contributed by atoms with Crippen molar-refractivity contribution in [1.29, 1.82) is 0 Å². The van der Waals surface area contributed by atoms with Crippen molar-refractivity contribution in [1.82, 2.24) is 4.98 Å². The standard InChI is InChI=1S/C20H19NO4S/c1-3-24-18-10-15(19-21-16(12-26-19)20(22)23)7-8-17(18)25-11-14-6-4-5-13(2)9-14/h4-10,12H,3,11H2,1-2H3,(H,22,23). The largest absolute Gasteiger partial charge is 0.490 e. The van der Waals surface area contributed by atoms with Crippen LogP contribution in [0.15, 0.2) is 47.8 Å². The van der Waals surface area contributed by atoms with Crippen LogP contribution in [-0.2, 0) is 6.61 Å². The van der Waals surface area contributed by atoms with Crippen molar-refractivity contribution >= 4 is 17.3 Å². The Morgan fingerprint density at radius 3 is 2.69 bits per heavy atom. The zero-order valence-corrected chi connectivity index (χ0v) is 15.4. The van der Waals surface area contributed by atoms with E-state index in [2.05, 4.69) is 11.1 Å². The molecule has 0 unspecified atom stereocenters. The van der Waals surface area contributed by atoms with Crippen molar-refractivity contribution in [2.75, 3.05) is 6.61 Å². The number of benzene rings is 2. The molecule has 1 N–H and O–H groups in total. The third-order valence-corrected chi connectivity index (χ3v) is 4.58. The lowest BCUT2D eigenvalue weighted by atomic mass is 10.1. The van der Waals surface area contributed by atoms with Crippen molar-refractivity contribution < 1.29 is 19.4 Å². The summed E-state index contributed by atoms with van der Waals surface area (Å²) in [6, 6.07) is 13.7. The molecule has 2 aromatic carbocycles. The molecule has 6 heteroatoms. The number of aromatic nitrogens is 1. The van der Waals surface area contributed by atoms with E-state index in [0.717, 1.165) is 11.1 Å². The fraction of sp³-hybridized carbons (Fsp3) is 0.200. The highest BCUT2D eigenvalue weighted by Crippen LogP contribution is 2.34. The number of carboxylic acids is 1. The van der Waals surface area contributed by atoms with E-state index >= 15 is 0 Å². The summed E-state index contributed by atoms with van der Waals surface area (Å²) in [6.07, 6.45) is 0. The monoisotopic (exact) mass is 369 g/mol. The fourth-order valence-electron chi connectivity index (χ4n) is 2.50. The van der Waals surface area contributed by atoms with Crippen molar-refractivity contribution in [3.05, 3.63) is 64.7 Å². The van der Waals surface area contributed by atoms with Crippen LogP contribution >= 0.6 is 11.3 Å². The van der Waals surface area contributed by atoms with Crippen LogP contribution in [0.2, 0.25) is 0 Å². The summed E-state index contributed by atoms with van der Waals surface area (Å²) >= 11 is 1.29. The topological polar surface area (TPSA) is 68.7 Å². The average molecular weight is 369 g/mol. The summed E-state index contributed by atoms with van der Waals surface area (Å²) in [5.41, 5.74) is 3.11. The minimum Gasteiger partial charge on any atom is -0.490 e. The van der Waals surface area contributed by atoms with Gasteiger partial charge in [-0.3, -0.25) is 0 Å². The third-order valence-electron chi connectivity index (χ3n) is 3.69. The van der Waals surface area contributed by atoms with Gasteiger partial charge in [-0.25, -0.2) is 9.78 Å². The van der Waals surface area contributed by atoms with E-state index in [-0.39, 0.29) is 5.69 Å². The first-order chi connectivity index (χ1) is 12.6. The maximum atomic E-state index is 11.0. The van der Waals surface area contributed by atoms with Crippen LogP contribution in [-0.4, -0.2) is 22.7 Å². The third kappa shape index (κ3) is 4.21. The second-order valence-electron chi connectivity index (χ2n) is 5.72. The summed E-state index contributed by atoms with van der Waals surface area (Å²) in [7, 11) is 0. The SMILES string of the molecule is CCOc1cc(-c2nc(C(=O)O)cs2)ccc1OCc1cccc(C)c1. The molecule has 0 saturated heterocycles. The van der Waals surface area contributed by atoms with E-state index in [1.807, 2.05) is 50.2 Å². The molecule has 26 heavy (non-hydrogen) atoms. The van der Waals surface area contributed by atoms with E-state index in [0.29, 0.717) is 29.7 Å². The Bertz CT molecular complexity index is 920. The van der Waals surface area contributed by atoms with E-state index < -0.39 is 5.97 Å². The van der Waals surface area contributed by atoms with Crippen LogP contribution in [0.5, 0.6) is 11.5 Å². The Labute approximate surface area is 155 Å². The molecule has 0 radical (unpaired) electrons. The highest BCUT2D eigenvalue weighted by atomic mass is 32.1. The van der Waals surface area contributed by atoms with Gasteiger partial charge in [0.1, 0.15) is 11.6 Å². The molecule has 0 aliphatic carbocycles. The predicted octanol–water partition coefficient (Wildman–Crippen LogP) is 4.79. The normalized spacial score (nSPS) is 10.5. The van der Waals surface area contributed by atoms with Crippen molar-refractivity contribution in [2.24, 2.45) is 0 Å². The number of aromatic carboxylic acids is 1. The van der Waals surface area contributed by atoms with Gasteiger partial charge in [-0.15, -0.1) is 11.3 Å². The van der Waals surface area contributed by atoms with Crippen LogP contribution in [0.3, 0.4) is 0 Å². The summed E-state index contributed by atoms with van der Waals surface area (Å²) in [5, 5.41) is 11.2. The van der Waals surface area contributed by atoms with E-state index in [1.54, 1.807) is 0 Å². The first kappa shape index (κ1) is 17.9. The van der Waals surface area contributed by atoms with Crippen LogP contribution in [0.4, 0.5) is 0 Å². The number of thiazole rings is 1. The Hall–Kier alpha value is -2.86. The number of hydrogen-bond acceptors (Lipinski definition) is 5. The number of aryl methyl sites for hydroxylation is 1. The lowest BCUT2D eigenvalue weighted by molar-refractivity contribution is 0.0691. The summed E-state index contributed by atoms with van der Waals surface area (Å²) in [4.78, 5) is 15.1. The fourth-order valence-corrected chi connectivity index (χ4v) is 3.29. The first-order valence-corrected chi connectivity index (χ1v) is 9.09. The molecule has 3 rings (SSSR count). The molecule has 0 saturated carbocycles. The quantitative estimate of drug-likeness (QED) is 0.648. The maximum absolute atomic E-state index is 11.0. The molecule has 3 aromatic rings. The molecule has 1 heterocycles. The zero-order valence-electron chi connectivity index (χ0n) is 14.6. The summed E-state index contributed by atoms with van der Waals surface area (Å²) in [6.45, 7) is 4.90. The second kappa shape index (κ2) is 8.01. The lowest BCUT2D eigenvalue weighted by Crippen LogP contribution is -2.00. The minimum atomic E-state index is -1.03. The van der Waals surface area contributed by atoms with Crippen molar-refractivity contribution in [3.8, 4) is 22.1 Å². The van der Waals surface area contributed by atoms with Crippen LogP contribution in [0, 0.1) is 6.92 Å². The number of rotatable bonds is 7. The Morgan fingerprint density at radius 2 is 2.00 bits per heavy atom. The van der Waals surface area contributed by atoms with Gasteiger partial charge in [0, 0.05) is 10.9 Å². The molecule has 0 spiro atoms. The van der Waals surface area contributed by atoms with Crippen LogP contribution < -0.4 is 9.47 Å². The highest BCUT2D eigenvalue weighted by Gasteiger charge is 2.13. The van der Waals surface area contributed by atoms with Gasteiger partial charge < -0.3 is 14.6 Å². The first-order valence-electron chi connectivity index (χ1n) is 8.21. The van der Waals surface area contributed by atoms with Gasteiger partial charge in [0.25, 0.3) is 0 Å². The van der Waals surface area contributed by atoms with Gasteiger partial charge >= 0.3 is 5.97 Å². The summed E-state index contributed by atoms with van der Waals surface area (Å²) < 4.78 is 11.6. The summed E-state index contributed by atoms with van der Waals surface area (Å²) in [5.74, 6) is 0.229. The van der Waals surface area contributed by atoms with Gasteiger partial charge in [-0.05, 0) is 37.6 Å². The van der Waals surface area contributed by atoms with Gasteiger partial charge in [0.2, 0.25) is 0 Å². The molecule has 0 aliphatic heterocycles. The van der Waals surface area contributed by atoms with Crippen molar-refractivity contribution in [3.63, 3.8) is 0 Å². The molecular formula is C20H19NO4S. The lowest BCUT2D eigenvalue weighted by Gasteiger charge is -2.13. The van der Waals surface area contributed by atoms with Crippen LogP contribution in [0.25, 0.3) is 10.6 Å².